The topological polar surface area (TPSA) is 110 Å². The summed E-state index contributed by atoms with van der Waals surface area (Å²) < 4.78 is 11.4. The highest BCUT2D eigenvalue weighted by Crippen LogP contribution is 2.28. The van der Waals surface area contributed by atoms with E-state index >= 15 is 0 Å². The zero-order chi connectivity index (χ0) is 23.4. The van der Waals surface area contributed by atoms with Gasteiger partial charge in [0.05, 0.1) is 23.6 Å². The van der Waals surface area contributed by atoms with Gasteiger partial charge < -0.3 is 14.8 Å². The lowest BCUT2D eigenvalue weighted by Gasteiger charge is -2.33. The first-order valence-corrected chi connectivity index (χ1v) is 10.8. The summed E-state index contributed by atoms with van der Waals surface area (Å²) in [4.78, 5) is 29.4. The van der Waals surface area contributed by atoms with Crippen LogP contribution in [-0.2, 0) is 16.1 Å². The number of rotatable bonds is 7. The Morgan fingerprint density at radius 1 is 1.21 bits per heavy atom. The molecule has 33 heavy (non-hydrogen) atoms. The Morgan fingerprint density at radius 3 is 2.67 bits per heavy atom. The van der Waals surface area contributed by atoms with Crippen molar-refractivity contribution in [2.24, 2.45) is 5.92 Å². The Kier molecular flexibility index (Phi) is 6.57. The van der Waals surface area contributed by atoms with Crippen LogP contribution in [0.15, 0.2) is 54.6 Å². The van der Waals surface area contributed by atoms with Crippen molar-refractivity contribution < 1.29 is 24.3 Å². The highest BCUT2D eigenvalue weighted by Gasteiger charge is 2.44. The van der Waals surface area contributed by atoms with Gasteiger partial charge in [0.15, 0.2) is 0 Å². The van der Waals surface area contributed by atoms with Gasteiger partial charge in [-0.2, -0.15) is 0 Å². The van der Waals surface area contributed by atoms with Crippen LogP contribution in [0, 0.1) is 12.8 Å². The summed E-state index contributed by atoms with van der Waals surface area (Å²) in [5.74, 6) is -0.906. The van der Waals surface area contributed by atoms with Crippen molar-refractivity contribution in [1.82, 2.24) is 15.8 Å². The summed E-state index contributed by atoms with van der Waals surface area (Å²) in [6.07, 6.45) is 0.480. The number of amides is 2. The van der Waals surface area contributed by atoms with Crippen molar-refractivity contribution in [3.63, 3.8) is 0 Å². The molecule has 0 saturated carbocycles. The van der Waals surface area contributed by atoms with Crippen molar-refractivity contribution >= 4 is 22.7 Å². The number of hydrogen-bond donors (Lipinski definition) is 3. The van der Waals surface area contributed by atoms with E-state index in [9.17, 15) is 9.59 Å². The summed E-state index contributed by atoms with van der Waals surface area (Å²) in [5.41, 5.74) is 4.12. The molecule has 0 radical (unpaired) electrons. The van der Waals surface area contributed by atoms with Gasteiger partial charge in [-0.1, -0.05) is 25.1 Å². The van der Waals surface area contributed by atoms with Crippen LogP contribution in [0.4, 0.5) is 0 Å². The maximum absolute atomic E-state index is 12.9. The van der Waals surface area contributed by atoms with Crippen molar-refractivity contribution in [1.29, 1.82) is 0 Å². The van der Waals surface area contributed by atoms with Gasteiger partial charge in [0.2, 0.25) is 5.91 Å². The fraction of sp³-hybridized carbons (Fsp3) is 0.320. The Balaban J connectivity index is 1.44. The molecule has 0 bridgehead atoms. The summed E-state index contributed by atoms with van der Waals surface area (Å²) in [6, 6.07) is 16.8. The average Bonchev–Trinajstić information content (AvgIpc) is 3.31. The number of fused-ring (bicyclic) bond motifs is 1. The predicted molar refractivity (Wildman–Crippen MR) is 122 cm³/mol. The maximum atomic E-state index is 12.9. The number of nitrogens with one attached hydrogen (secondary N) is 2. The molecule has 2 atom stereocenters. The number of hydroxylamine groups is 1. The van der Waals surface area contributed by atoms with Crippen LogP contribution < -0.4 is 15.5 Å². The van der Waals surface area contributed by atoms with Gasteiger partial charge in [0.1, 0.15) is 12.4 Å². The van der Waals surface area contributed by atoms with Crippen molar-refractivity contribution in [2.75, 3.05) is 13.2 Å². The fourth-order valence-corrected chi connectivity index (χ4v) is 4.15. The molecule has 4 rings (SSSR count). The van der Waals surface area contributed by atoms with E-state index in [0.717, 1.165) is 22.2 Å². The molecule has 1 fully saturated rings. The van der Waals surface area contributed by atoms with Crippen molar-refractivity contribution in [2.45, 2.75) is 32.4 Å². The molecule has 1 aliphatic rings. The Bertz CT molecular complexity index is 1160. The normalized spacial score (nSPS) is 18.6. The Hall–Kier alpha value is -3.49. The minimum absolute atomic E-state index is 0.202. The van der Waals surface area contributed by atoms with Gasteiger partial charge in [-0.15, -0.1) is 0 Å². The molecular weight excluding hydrogens is 422 g/mol. The largest absolute Gasteiger partial charge is 0.489 e. The standard InChI is InChI=1S/C25H27N3O5/c1-16-13-19(21-5-3-4-6-22(21)26-16)14-33-20-9-7-18(8-10-20)24(30)27-25(11-12-32-15-25)17(2)23(29)28-31/h3-10,13,17,31H,11-12,14-15H2,1-2H3,(H,27,30)(H,28,29). The fourth-order valence-electron chi connectivity index (χ4n) is 4.15. The van der Waals surface area contributed by atoms with E-state index < -0.39 is 17.4 Å². The van der Waals surface area contributed by atoms with Crippen LogP contribution in [0.1, 0.15) is 35.0 Å². The van der Waals surface area contributed by atoms with E-state index in [1.54, 1.807) is 36.7 Å². The smallest absolute Gasteiger partial charge is 0.251 e. The minimum Gasteiger partial charge on any atom is -0.489 e. The van der Waals surface area contributed by atoms with Crippen molar-refractivity contribution in [3.8, 4) is 5.75 Å². The number of para-hydroxylation sites is 1. The molecule has 8 heteroatoms. The molecule has 0 spiro atoms. The number of carbonyl (C=O) groups is 2. The third kappa shape index (κ3) is 4.81. The second kappa shape index (κ2) is 9.56. The second-order valence-electron chi connectivity index (χ2n) is 8.36. The molecule has 1 saturated heterocycles. The summed E-state index contributed by atoms with van der Waals surface area (Å²) >= 11 is 0. The van der Waals surface area contributed by atoms with Crippen LogP contribution in [0.25, 0.3) is 10.9 Å². The monoisotopic (exact) mass is 449 g/mol. The quantitative estimate of drug-likeness (QED) is 0.378. The zero-order valence-corrected chi connectivity index (χ0v) is 18.6. The first-order chi connectivity index (χ1) is 15.9. The molecule has 2 amide bonds. The molecule has 3 N–H and O–H groups in total. The summed E-state index contributed by atoms with van der Waals surface area (Å²) in [5, 5.41) is 13.0. The van der Waals surface area contributed by atoms with Crippen molar-refractivity contribution in [3.05, 3.63) is 71.4 Å². The van der Waals surface area contributed by atoms with E-state index in [4.69, 9.17) is 14.7 Å². The number of hydrogen-bond acceptors (Lipinski definition) is 6. The first-order valence-electron chi connectivity index (χ1n) is 10.8. The van der Waals surface area contributed by atoms with Gasteiger partial charge in [0.25, 0.3) is 5.91 Å². The lowest BCUT2D eigenvalue weighted by molar-refractivity contribution is -0.135. The Morgan fingerprint density at radius 2 is 1.97 bits per heavy atom. The second-order valence-corrected chi connectivity index (χ2v) is 8.36. The van der Waals surface area contributed by atoms with E-state index in [0.29, 0.717) is 30.9 Å². The molecule has 1 aromatic heterocycles. The number of nitrogens with zero attached hydrogens (tertiary/aromatic N) is 1. The van der Waals surface area contributed by atoms with E-state index in [2.05, 4.69) is 10.3 Å². The maximum Gasteiger partial charge on any atom is 0.251 e. The highest BCUT2D eigenvalue weighted by atomic mass is 16.5. The molecule has 8 nitrogen and oxygen atoms in total. The molecule has 0 aliphatic carbocycles. The van der Waals surface area contributed by atoms with Crippen LogP contribution in [0.5, 0.6) is 5.75 Å². The van der Waals surface area contributed by atoms with Gasteiger partial charge in [0, 0.05) is 28.8 Å². The SMILES string of the molecule is Cc1cc(COc2ccc(C(=O)NC3(C(C)C(=O)NO)CCOC3)cc2)c2ccccc2n1. The number of carbonyl (C=O) groups excluding carboxylic acids is 2. The third-order valence-corrected chi connectivity index (χ3v) is 6.19. The number of ether oxygens (including phenoxy) is 2. The number of aromatic nitrogens is 1. The van der Waals surface area contributed by atoms with Gasteiger partial charge >= 0.3 is 0 Å². The Labute approximate surface area is 191 Å². The van der Waals surface area contributed by atoms with Crippen LogP contribution >= 0.6 is 0 Å². The number of pyridine rings is 1. The number of benzene rings is 2. The number of aryl methyl sites for hydroxylation is 1. The molecule has 2 unspecified atom stereocenters. The summed E-state index contributed by atoms with van der Waals surface area (Å²) in [6.45, 7) is 4.62. The highest BCUT2D eigenvalue weighted by molar-refractivity contribution is 5.95. The third-order valence-electron chi connectivity index (χ3n) is 6.19. The van der Waals surface area contributed by atoms with E-state index in [1.165, 1.54) is 0 Å². The molecule has 3 aromatic rings. The molecular formula is C25H27N3O5. The zero-order valence-electron chi connectivity index (χ0n) is 18.6. The van der Waals surface area contributed by atoms with Crippen LogP contribution in [0.2, 0.25) is 0 Å². The molecule has 1 aliphatic heterocycles. The lowest BCUT2D eigenvalue weighted by Crippen LogP contribution is -2.57. The van der Waals surface area contributed by atoms with Gasteiger partial charge in [-0.25, -0.2) is 5.48 Å². The predicted octanol–water partition coefficient (Wildman–Crippen LogP) is 3.15. The minimum atomic E-state index is -0.876. The van der Waals surface area contributed by atoms with Crippen LogP contribution in [-0.4, -0.2) is 40.8 Å². The van der Waals surface area contributed by atoms with E-state index in [1.807, 2.05) is 37.3 Å². The summed E-state index contributed by atoms with van der Waals surface area (Å²) in [7, 11) is 0. The molecule has 2 aromatic carbocycles. The van der Waals surface area contributed by atoms with Gasteiger partial charge in [-0.3, -0.25) is 19.8 Å². The molecule has 172 valence electrons. The lowest BCUT2D eigenvalue weighted by atomic mass is 9.83. The van der Waals surface area contributed by atoms with E-state index in [-0.39, 0.29) is 12.5 Å². The van der Waals surface area contributed by atoms with Gasteiger partial charge in [-0.05, 0) is 49.7 Å². The van der Waals surface area contributed by atoms with Crippen LogP contribution in [0.3, 0.4) is 0 Å². The first kappa shape index (κ1) is 22.7. The molecule has 2 heterocycles. The average molecular weight is 450 g/mol.